The van der Waals surface area contributed by atoms with Crippen LogP contribution < -0.4 is 10.6 Å². The summed E-state index contributed by atoms with van der Waals surface area (Å²) < 4.78 is 1.89. The number of aromatic nitrogens is 2. The molecule has 94 valence electrons. The summed E-state index contributed by atoms with van der Waals surface area (Å²) in [5.41, 5.74) is 0.708. The fourth-order valence-corrected chi connectivity index (χ4v) is 1.55. The van der Waals surface area contributed by atoms with Gasteiger partial charge in [0.2, 0.25) is 0 Å². The van der Waals surface area contributed by atoms with E-state index in [-0.39, 0.29) is 6.03 Å². The highest BCUT2D eigenvalue weighted by atomic mass is 35.5. The number of hydrogen-bond acceptors (Lipinski definition) is 2. The van der Waals surface area contributed by atoms with Crippen LogP contribution in [0.3, 0.4) is 0 Å². The largest absolute Gasteiger partial charge is 0.336 e. The lowest BCUT2D eigenvalue weighted by atomic mass is 10.3. The molecular formula is C12H13ClN4O. The second-order valence-corrected chi connectivity index (χ2v) is 4.12. The van der Waals surface area contributed by atoms with Crippen LogP contribution in [0, 0.1) is 0 Å². The molecule has 2 amide bonds. The quantitative estimate of drug-likeness (QED) is 0.891. The number of anilines is 1. The van der Waals surface area contributed by atoms with Crippen molar-refractivity contribution < 1.29 is 4.79 Å². The minimum atomic E-state index is -0.238. The predicted octanol–water partition coefficient (Wildman–Crippen LogP) is 2.36. The van der Waals surface area contributed by atoms with E-state index in [0.717, 1.165) is 0 Å². The molecule has 1 aromatic carbocycles. The van der Waals surface area contributed by atoms with E-state index in [4.69, 9.17) is 11.6 Å². The summed E-state index contributed by atoms with van der Waals surface area (Å²) in [5, 5.41) is 6.11. The summed E-state index contributed by atoms with van der Waals surface area (Å²) in [6.07, 6.45) is 5.26. The highest BCUT2D eigenvalue weighted by Gasteiger charge is 2.00. The van der Waals surface area contributed by atoms with E-state index >= 15 is 0 Å². The van der Waals surface area contributed by atoms with Crippen LogP contribution in [0.4, 0.5) is 10.5 Å². The minimum absolute atomic E-state index is 0.238. The standard InChI is InChI=1S/C12H13ClN4O/c13-10-1-3-11(4-2-10)16-12(18)15-6-8-17-7-5-14-9-17/h1-5,7,9H,6,8H2,(H2,15,16,18). The lowest BCUT2D eigenvalue weighted by Crippen LogP contribution is -2.31. The predicted molar refractivity (Wildman–Crippen MR) is 70.7 cm³/mol. The number of amides is 2. The van der Waals surface area contributed by atoms with Crippen LogP contribution in [0.2, 0.25) is 5.02 Å². The van der Waals surface area contributed by atoms with Crippen LogP contribution in [0.25, 0.3) is 0 Å². The first-order valence-electron chi connectivity index (χ1n) is 5.50. The Kier molecular flexibility index (Phi) is 4.20. The van der Waals surface area contributed by atoms with Gasteiger partial charge in [-0.3, -0.25) is 0 Å². The van der Waals surface area contributed by atoms with Gasteiger partial charge >= 0.3 is 6.03 Å². The fraction of sp³-hybridized carbons (Fsp3) is 0.167. The molecule has 0 saturated heterocycles. The Hall–Kier alpha value is -2.01. The van der Waals surface area contributed by atoms with Crippen molar-refractivity contribution in [2.45, 2.75) is 6.54 Å². The zero-order chi connectivity index (χ0) is 12.8. The van der Waals surface area contributed by atoms with E-state index in [1.807, 2.05) is 10.8 Å². The number of carbonyl (C=O) groups excluding carboxylic acids is 1. The number of carbonyl (C=O) groups is 1. The van der Waals surface area contributed by atoms with Crippen LogP contribution in [-0.2, 0) is 6.54 Å². The van der Waals surface area contributed by atoms with Crippen LogP contribution in [-0.4, -0.2) is 22.1 Å². The normalized spacial score (nSPS) is 10.1. The summed E-state index contributed by atoms with van der Waals surface area (Å²) in [5.74, 6) is 0. The minimum Gasteiger partial charge on any atom is -0.336 e. The molecule has 0 saturated carbocycles. The Morgan fingerprint density at radius 1 is 1.33 bits per heavy atom. The van der Waals surface area contributed by atoms with Crippen molar-refractivity contribution in [3.8, 4) is 0 Å². The van der Waals surface area contributed by atoms with Crippen molar-refractivity contribution >= 4 is 23.3 Å². The van der Waals surface area contributed by atoms with Crippen LogP contribution in [0.15, 0.2) is 43.0 Å². The molecule has 0 unspecified atom stereocenters. The molecule has 1 heterocycles. The van der Waals surface area contributed by atoms with Crippen molar-refractivity contribution in [3.63, 3.8) is 0 Å². The van der Waals surface area contributed by atoms with Gasteiger partial charge in [-0.2, -0.15) is 0 Å². The summed E-state index contributed by atoms with van der Waals surface area (Å²) in [4.78, 5) is 15.5. The van der Waals surface area contributed by atoms with Gasteiger partial charge in [0.15, 0.2) is 0 Å². The molecule has 0 aliphatic carbocycles. The van der Waals surface area contributed by atoms with E-state index in [0.29, 0.717) is 23.8 Å². The Morgan fingerprint density at radius 3 is 2.78 bits per heavy atom. The van der Waals surface area contributed by atoms with Crippen molar-refractivity contribution in [3.05, 3.63) is 48.0 Å². The molecular weight excluding hydrogens is 252 g/mol. The molecule has 0 spiro atoms. The molecule has 1 aromatic heterocycles. The molecule has 0 bridgehead atoms. The molecule has 0 atom stereocenters. The number of urea groups is 1. The van der Waals surface area contributed by atoms with Crippen molar-refractivity contribution in [2.75, 3.05) is 11.9 Å². The highest BCUT2D eigenvalue weighted by molar-refractivity contribution is 6.30. The first-order chi connectivity index (χ1) is 8.74. The topological polar surface area (TPSA) is 59.0 Å². The molecule has 0 aliphatic heterocycles. The Bertz CT molecular complexity index is 495. The van der Waals surface area contributed by atoms with Crippen molar-refractivity contribution in [2.24, 2.45) is 0 Å². The third-order valence-corrected chi connectivity index (χ3v) is 2.57. The fourth-order valence-electron chi connectivity index (χ4n) is 1.43. The van der Waals surface area contributed by atoms with Crippen LogP contribution in [0.1, 0.15) is 0 Å². The lowest BCUT2D eigenvalue weighted by molar-refractivity contribution is 0.251. The third-order valence-electron chi connectivity index (χ3n) is 2.32. The zero-order valence-corrected chi connectivity index (χ0v) is 10.4. The maximum atomic E-state index is 11.5. The van der Waals surface area contributed by atoms with Gasteiger partial charge in [0.1, 0.15) is 0 Å². The first kappa shape index (κ1) is 12.4. The Labute approximate surface area is 110 Å². The average Bonchev–Trinajstić information content (AvgIpc) is 2.85. The monoisotopic (exact) mass is 264 g/mol. The van der Waals surface area contributed by atoms with Gasteiger partial charge in [-0.15, -0.1) is 0 Å². The molecule has 0 aliphatic rings. The molecule has 5 nitrogen and oxygen atoms in total. The zero-order valence-electron chi connectivity index (χ0n) is 9.64. The third kappa shape index (κ3) is 3.78. The number of hydrogen-bond donors (Lipinski definition) is 2. The van der Waals surface area contributed by atoms with E-state index in [1.54, 1.807) is 36.8 Å². The number of halogens is 1. The molecule has 2 aromatic rings. The first-order valence-corrected chi connectivity index (χ1v) is 5.88. The summed E-state index contributed by atoms with van der Waals surface area (Å²) in [6, 6.07) is 6.71. The number of nitrogens with one attached hydrogen (secondary N) is 2. The number of rotatable bonds is 4. The Morgan fingerprint density at radius 2 is 2.11 bits per heavy atom. The second-order valence-electron chi connectivity index (χ2n) is 3.69. The van der Waals surface area contributed by atoms with Gasteiger partial charge in [-0.05, 0) is 24.3 Å². The van der Waals surface area contributed by atoms with Gasteiger partial charge in [0.05, 0.1) is 6.33 Å². The van der Waals surface area contributed by atoms with Crippen molar-refractivity contribution in [1.29, 1.82) is 0 Å². The molecule has 2 rings (SSSR count). The second kappa shape index (κ2) is 6.07. The number of nitrogens with zero attached hydrogens (tertiary/aromatic N) is 2. The molecule has 2 N–H and O–H groups in total. The summed E-state index contributed by atoms with van der Waals surface area (Å²) in [7, 11) is 0. The Balaban J connectivity index is 1.73. The molecule has 0 radical (unpaired) electrons. The average molecular weight is 265 g/mol. The number of benzene rings is 1. The maximum absolute atomic E-state index is 11.5. The summed E-state index contributed by atoms with van der Waals surface area (Å²) >= 11 is 5.75. The maximum Gasteiger partial charge on any atom is 0.319 e. The lowest BCUT2D eigenvalue weighted by Gasteiger charge is -2.07. The van der Waals surface area contributed by atoms with Gasteiger partial charge < -0.3 is 15.2 Å². The van der Waals surface area contributed by atoms with E-state index < -0.39 is 0 Å². The van der Waals surface area contributed by atoms with Gasteiger partial charge in [-0.25, -0.2) is 9.78 Å². The summed E-state index contributed by atoms with van der Waals surface area (Å²) in [6.45, 7) is 1.23. The molecule has 6 heteroatoms. The van der Waals surface area contributed by atoms with Crippen LogP contribution >= 0.6 is 11.6 Å². The molecule has 18 heavy (non-hydrogen) atoms. The van der Waals surface area contributed by atoms with Crippen molar-refractivity contribution in [1.82, 2.24) is 14.9 Å². The molecule has 0 fully saturated rings. The SMILES string of the molecule is O=C(NCCn1ccnc1)Nc1ccc(Cl)cc1. The smallest absolute Gasteiger partial charge is 0.319 e. The van der Waals surface area contributed by atoms with E-state index in [9.17, 15) is 4.79 Å². The van der Waals surface area contributed by atoms with Gasteiger partial charge in [0.25, 0.3) is 0 Å². The van der Waals surface area contributed by atoms with E-state index in [1.165, 1.54) is 0 Å². The van der Waals surface area contributed by atoms with Gasteiger partial charge in [-0.1, -0.05) is 11.6 Å². The van der Waals surface area contributed by atoms with Crippen LogP contribution in [0.5, 0.6) is 0 Å². The van der Waals surface area contributed by atoms with E-state index in [2.05, 4.69) is 15.6 Å². The number of imidazole rings is 1. The highest BCUT2D eigenvalue weighted by Crippen LogP contribution is 2.12. The van der Waals surface area contributed by atoms with Gasteiger partial charge in [0, 0.05) is 36.2 Å².